The van der Waals surface area contributed by atoms with Crippen LogP contribution in [0.15, 0.2) is 39.6 Å². The van der Waals surface area contributed by atoms with Crippen LogP contribution in [0.5, 0.6) is 5.75 Å². The van der Waals surface area contributed by atoms with Gasteiger partial charge in [-0.15, -0.1) is 0 Å². The van der Waals surface area contributed by atoms with E-state index in [1.165, 1.54) is 19.2 Å². The zero-order valence-corrected chi connectivity index (χ0v) is 16.5. The molecule has 0 aliphatic heterocycles. The van der Waals surface area contributed by atoms with Gasteiger partial charge in [0.25, 0.3) is 11.5 Å². The summed E-state index contributed by atoms with van der Waals surface area (Å²) in [4.78, 5) is 28.6. The molecule has 0 fully saturated rings. The average molecular weight is 460 g/mol. The molecule has 0 saturated carbocycles. The van der Waals surface area contributed by atoms with Crippen LogP contribution in [-0.4, -0.2) is 22.6 Å². The number of fused-ring (bicyclic) bond motifs is 1. The quantitative estimate of drug-likeness (QED) is 0.557. The van der Waals surface area contributed by atoms with Crippen molar-refractivity contribution in [3.05, 3.63) is 65.5 Å². The molecule has 0 aliphatic rings. The molecular formula is C16H9BrCl2N2O3S. The van der Waals surface area contributed by atoms with Gasteiger partial charge in [-0.25, -0.2) is 4.57 Å². The van der Waals surface area contributed by atoms with E-state index in [9.17, 15) is 9.59 Å². The molecule has 0 radical (unpaired) electrons. The van der Waals surface area contributed by atoms with Crippen LogP contribution in [0.25, 0.3) is 10.9 Å². The van der Waals surface area contributed by atoms with Crippen LogP contribution < -0.4 is 10.3 Å². The molecule has 128 valence electrons. The van der Waals surface area contributed by atoms with Gasteiger partial charge in [-0.05, 0) is 42.5 Å². The van der Waals surface area contributed by atoms with Gasteiger partial charge in [0, 0.05) is 9.50 Å². The summed E-state index contributed by atoms with van der Waals surface area (Å²) < 4.78 is 6.64. The zero-order chi connectivity index (χ0) is 18.3. The van der Waals surface area contributed by atoms with Gasteiger partial charge < -0.3 is 9.72 Å². The molecule has 0 saturated heterocycles. The van der Waals surface area contributed by atoms with Crippen LogP contribution in [0.1, 0.15) is 10.4 Å². The van der Waals surface area contributed by atoms with Crippen molar-refractivity contribution in [2.75, 3.05) is 7.11 Å². The number of methoxy groups -OCH3 is 1. The maximum Gasteiger partial charge on any atom is 0.270 e. The highest BCUT2D eigenvalue weighted by Crippen LogP contribution is 2.26. The van der Waals surface area contributed by atoms with Crippen LogP contribution in [0.2, 0.25) is 10.0 Å². The standard InChI is InChI=1S/C16H9BrCl2N2O3S/c1-24-12-3-2-7(17)4-9(12)14(22)21-15(23)10-5-8(18)6-11(19)13(10)20-16(21)25/h2-6H,1H3,(H,20,25). The third kappa shape index (κ3) is 3.25. The molecule has 5 nitrogen and oxygen atoms in total. The molecule has 0 bridgehead atoms. The van der Waals surface area contributed by atoms with Crippen molar-refractivity contribution in [2.45, 2.75) is 0 Å². The summed E-state index contributed by atoms with van der Waals surface area (Å²) in [6.45, 7) is 0. The number of rotatable bonds is 2. The first-order chi connectivity index (χ1) is 11.8. The monoisotopic (exact) mass is 458 g/mol. The normalized spacial score (nSPS) is 10.9. The first kappa shape index (κ1) is 18.1. The third-order valence-corrected chi connectivity index (χ3v) is 4.81. The summed E-state index contributed by atoms with van der Waals surface area (Å²) >= 11 is 20.6. The topological polar surface area (TPSA) is 64.1 Å². The molecule has 2 aromatic carbocycles. The number of carbonyl (C=O) groups excluding carboxylic acids is 1. The second-order valence-electron chi connectivity index (χ2n) is 5.03. The fraction of sp³-hybridized carbons (Fsp3) is 0.0625. The number of halogens is 3. The number of hydrogen-bond donors (Lipinski definition) is 1. The van der Waals surface area contributed by atoms with E-state index in [2.05, 4.69) is 20.9 Å². The second kappa shape index (κ2) is 6.92. The molecule has 0 aliphatic carbocycles. The minimum absolute atomic E-state index is 0.0752. The first-order valence-electron chi connectivity index (χ1n) is 6.86. The Labute approximate surface area is 165 Å². The van der Waals surface area contributed by atoms with Crippen molar-refractivity contribution in [1.82, 2.24) is 9.55 Å². The Balaban J connectivity index is 2.33. The van der Waals surface area contributed by atoms with E-state index < -0.39 is 11.5 Å². The molecule has 3 rings (SSSR count). The number of carbonyl (C=O) groups is 1. The number of nitrogens with one attached hydrogen (secondary N) is 1. The number of hydrogen-bond acceptors (Lipinski definition) is 4. The van der Waals surface area contributed by atoms with E-state index in [4.69, 9.17) is 40.2 Å². The Kier molecular flexibility index (Phi) is 5.02. The summed E-state index contributed by atoms with van der Waals surface area (Å²) in [5, 5.41) is 0.679. The summed E-state index contributed by atoms with van der Waals surface area (Å²) in [5.41, 5.74) is -0.104. The Morgan fingerprint density at radius 1 is 1.28 bits per heavy atom. The van der Waals surface area contributed by atoms with E-state index >= 15 is 0 Å². The van der Waals surface area contributed by atoms with Gasteiger partial charge in [0.05, 0.1) is 28.6 Å². The Hall–Kier alpha value is -1.67. The van der Waals surface area contributed by atoms with E-state index in [0.717, 1.165) is 4.57 Å². The van der Waals surface area contributed by atoms with Gasteiger partial charge in [-0.2, -0.15) is 0 Å². The Morgan fingerprint density at radius 3 is 2.68 bits per heavy atom. The molecule has 3 aromatic rings. The smallest absolute Gasteiger partial charge is 0.270 e. The molecular weight excluding hydrogens is 451 g/mol. The van der Waals surface area contributed by atoms with Crippen molar-refractivity contribution in [3.63, 3.8) is 0 Å². The first-order valence-corrected chi connectivity index (χ1v) is 8.81. The number of aromatic amines is 1. The third-order valence-electron chi connectivity index (χ3n) is 3.52. The van der Waals surface area contributed by atoms with Crippen molar-refractivity contribution in [2.24, 2.45) is 0 Å². The van der Waals surface area contributed by atoms with Crippen LogP contribution in [-0.2, 0) is 0 Å². The van der Waals surface area contributed by atoms with Gasteiger partial charge in [0.2, 0.25) is 0 Å². The number of benzene rings is 2. The van der Waals surface area contributed by atoms with Gasteiger partial charge in [-0.1, -0.05) is 39.1 Å². The molecule has 25 heavy (non-hydrogen) atoms. The maximum absolute atomic E-state index is 12.9. The fourth-order valence-electron chi connectivity index (χ4n) is 2.40. The predicted octanol–water partition coefficient (Wildman–Crippen LogP) is 4.83. The molecule has 9 heteroatoms. The molecule has 1 aromatic heterocycles. The molecule has 1 heterocycles. The molecule has 0 spiro atoms. The molecule has 0 unspecified atom stereocenters. The Morgan fingerprint density at radius 2 is 2.00 bits per heavy atom. The highest BCUT2D eigenvalue weighted by atomic mass is 79.9. The summed E-state index contributed by atoms with van der Waals surface area (Å²) in [5.74, 6) is -0.305. The summed E-state index contributed by atoms with van der Waals surface area (Å²) in [6.07, 6.45) is 0. The van der Waals surface area contributed by atoms with E-state index in [1.54, 1.807) is 18.2 Å². The average Bonchev–Trinajstić information content (AvgIpc) is 2.56. The van der Waals surface area contributed by atoms with Crippen molar-refractivity contribution >= 4 is 68.2 Å². The lowest BCUT2D eigenvalue weighted by Gasteiger charge is -2.11. The summed E-state index contributed by atoms with van der Waals surface area (Å²) in [6, 6.07) is 7.80. The van der Waals surface area contributed by atoms with Crippen molar-refractivity contribution < 1.29 is 9.53 Å². The number of H-pyrrole nitrogens is 1. The summed E-state index contributed by atoms with van der Waals surface area (Å²) in [7, 11) is 1.43. The largest absolute Gasteiger partial charge is 0.496 e. The lowest BCUT2D eigenvalue weighted by Crippen LogP contribution is -2.29. The number of ether oxygens (including phenoxy) is 1. The van der Waals surface area contributed by atoms with E-state index in [0.29, 0.717) is 15.7 Å². The maximum atomic E-state index is 12.9. The van der Waals surface area contributed by atoms with Crippen LogP contribution >= 0.6 is 51.3 Å². The molecule has 0 atom stereocenters. The molecule has 0 amide bonds. The molecule has 1 N–H and O–H groups in total. The minimum Gasteiger partial charge on any atom is -0.496 e. The van der Waals surface area contributed by atoms with Crippen molar-refractivity contribution in [3.8, 4) is 5.75 Å². The van der Waals surface area contributed by atoms with E-state index in [-0.39, 0.29) is 25.8 Å². The van der Waals surface area contributed by atoms with E-state index in [1.807, 2.05) is 0 Å². The van der Waals surface area contributed by atoms with Gasteiger partial charge >= 0.3 is 0 Å². The zero-order valence-electron chi connectivity index (χ0n) is 12.6. The Bertz CT molecular complexity index is 1140. The van der Waals surface area contributed by atoms with Gasteiger partial charge in [0.1, 0.15) is 5.75 Å². The van der Waals surface area contributed by atoms with Crippen LogP contribution in [0.3, 0.4) is 0 Å². The SMILES string of the molecule is COc1ccc(Br)cc1C(=O)n1c(=S)[nH]c2c(Cl)cc(Cl)cc2c1=O. The predicted molar refractivity (Wildman–Crippen MR) is 104 cm³/mol. The lowest BCUT2D eigenvalue weighted by molar-refractivity contribution is 0.0950. The van der Waals surface area contributed by atoms with Crippen molar-refractivity contribution in [1.29, 1.82) is 0 Å². The van der Waals surface area contributed by atoms with Crippen LogP contribution in [0.4, 0.5) is 0 Å². The highest BCUT2D eigenvalue weighted by Gasteiger charge is 2.20. The second-order valence-corrected chi connectivity index (χ2v) is 7.18. The lowest BCUT2D eigenvalue weighted by atomic mass is 10.2. The fourth-order valence-corrected chi connectivity index (χ4v) is 3.57. The highest BCUT2D eigenvalue weighted by molar-refractivity contribution is 9.10. The minimum atomic E-state index is -0.623. The number of nitrogens with zero attached hydrogens (tertiary/aromatic N) is 1. The van der Waals surface area contributed by atoms with Gasteiger partial charge in [0.15, 0.2) is 4.77 Å². The van der Waals surface area contributed by atoms with Crippen LogP contribution in [0, 0.1) is 4.77 Å². The van der Waals surface area contributed by atoms with Gasteiger partial charge in [-0.3, -0.25) is 9.59 Å². The number of aromatic nitrogens is 2.